The van der Waals surface area contributed by atoms with E-state index in [1.54, 1.807) is 37.3 Å². The lowest BCUT2D eigenvalue weighted by molar-refractivity contribution is -0.116. The number of nitrogens with one attached hydrogen (secondary N) is 1. The van der Waals surface area contributed by atoms with Crippen LogP contribution < -0.4 is 10.1 Å². The van der Waals surface area contributed by atoms with E-state index < -0.39 is 12.0 Å². The topological polar surface area (TPSA) is 88.4 Å². The van der Waals surface area contributed by atoms with Gasteiger partial charge in [-0.2, -0.15) is 5.26 Å². The van der Waals surface area contributed by atoms with Crippen LogP contribution in [0.1, 0.15) is 32.3 Å². The number of amides is 2. The molecule has 1 rings (SSSR count). The normalized spacial score (nSPS) is 10.6. The Bertz CT molecular complexity index is 600. The second-order valence-electron chi connectivity index (χ2n) is 4.62. The first kappa shape index (κ1) is 18.2. The number of nitriles is 1. The van der Waals surface area contributed by atoms with Crippen LogP contribution in [0.2, 0.25) is 0 Å². The van der Waals surface area contributed by atoms with E-state index in [1.165, 1.54) is 6.08 Å². The van der Waals surface area contributed by atoms with Crippen molar-refractivity contribution in [2.75, 3.05) is 13.2 Å². The number of alkyl carbamates (subject to hydrolysis) is 1. The first-order valence-corrected chi connectivity index (χ1v) is 7.43. The van der Waals surface area contributed by atoms with Gasteiger partial charge in [0.05, 0.1) is 13.2 Å². The van der Waals surface area contributed by atoms with E-state index in [9.17, 15) is 9.59 Å². The molecule has 1 aromatic carbocycles. The van der Waals surface area contributed by atoms with Crippen molar-refractivity contribution < 1.29 is 19.1 Å². The maximum atomic E-state index is 11.8. The van der Waals surface area contributed by atoms with Crippen molar-refractivity contribution in [2.45, 2.75) is 26.7 Å². The highest BCUT2D eigenvalue weighted by Crippen LogP contribution is 2.15. The second-order valence-corrected chi connectivity index (χ2v) is 4.62. The molecule has 1 N–H and O–H groups in total. The third-order valence-electron chi connectivity index (χ3n) is 2.81. The van der Waals surface area contributed by atoms with E-state index in [-0.39, 0.29) is 12.2 Å². The Balaban J connectivity index is 2.72. The van der Waals surface area contributed by atoms with Gasteiger partial charge in [-0.05, 0) is 37.1 Å². The lowest BCUT2D eigenvalue weighted by atomic mass is 10.1. The molecule has 0 unspecified atom stereocenters. The summed E-state index contributed by atoms with van der Waals surface area (Å²) in [5.74, 6) is -0.0701. The summed E-state index contributed by atoms with van der Waals surface area (Å²) in [5.41, 5.74) is 0.473. The summed E-state index contributed by atoms with van der Waals surface area (Å²) in [7, 11) is 0. The molecule has 0 aliphatic heterocycles. The molecule has 0 atom stereocenters. The fourth-order valence-corrected chi connectivity index (χ4v) is 1.64. The molecule has 6 nitrogen and oxygen atoms in total. The lowest BCUT2D eigenvalue weighted by Crippen LogP contribution is -2.31. The standard InChI is InChI=1S/C17H20N2O4/c1-3-5-10-23-15-8-6-13(7-9-15)11-14(12-18)16(20)19-17(21)22-4-2/h6-9,11H,3-5,10H2,1-2H3,(H,19,20,21)/b14-11+. The number of ether oxygens (including phenoxy) is 2. The Kier molecular flexibility index (Phi) is 7.94. The number of imide groups is 1. The van der Waals surface area contributed by atoms with Gasteiger partial charge in [-0.25, -0.2) is 4.79 Å². The fourth-order valence-electron chi connectivity index (χ4n) is 1.64. The first-order chi connectivity index (χ1) is 11.1. The lowest BCUT2D eigenvalue weighted by Gasteiger charge is -2.05. The third-order valence-corrected chi connectivity index (χ3v) is 2.81. The minimum Gasteiger partial charge on any atom is -0.494 e. The zero-order valence-corrected chi connectivity index (χ0v) is 13.3. The molecular weight excluding hydrogens is 296 g/mol. The van der Waals surface area contributed by atoms with Crippen molar-refractivity contribution in [3.05, 3.63) is 35.4 Å². The van der Waals surface area contributed by atoms with Crippen LogP contribution in [-0.2, 0) is 9.53 Å². The predicted octanol–water partition coefficient (Wildman–Crippen LogP) is 3.05. The fraction of sp³-hybridized carbons (Fsp3) is 0.353. The number of carbonyl (C=O) groups excluding carboxylic acids is 2. The second kappa shape index (κ2) is 10.0. The Labute approximate surface area is 135 Å². The number of unbranched alkanes of at least 4 members (excludes halogenated alkanes) is 1. The number of benzene rings is 1. The molecule has 0 aromatic heterocycles. The summed E-state index contributed by atoms with van der Waals surface area (Å²) in [4.78, 5) is 23.0. The largest absolute Gasteiger partial charge is 0.494 e. The van der Waals surface area contributed by atoms with Gasteiger partial charge >= 0.3 is 6.09 Å². The van der Waals surface area contributed by atoms with Crippen molar-refractivity contribution >= 4 is 18.1 Å². The molecule has 23 heavy (non-hydrogen) atoms. The van der Waals surface area contributed by atoms with E-state index in [2.05, 4.69) is 11.7 Å². The van der Waals surface area contributed by atoms with Crippen LogP contribution in [0.3, 0.4) is 0 Å². The van der Waals surface area contributed by atoms with Gasteiger partial charge in [0.25, 0.3) is 5.91 Å². The van der Waals surface area contributed by atoms with Crippen molar-refractivity contribution in [3.63, 3.8) is 0 Å². The van der Waals surface area contributed by atoms with Crippen LogP contribution in [0.5, 0.6) is 5.75 Å². The van der Waals surface area contributed by atoms with Gasteiger partial charge in [0, 0.05) is 0 Å². The van der Waals surface area contributed by atoms with Crippen molar-refractivity contribution in [3.8, 4) is 11.8 Å². The van der Waals surface area contributed by atoms with Crippen LogP contribution in [0, 0.1) is 11.3 Å². The number of nitrogens with zero attached hydrogens (tertiary/aromatic N) is 1. The molecule has 0 bridgehead atoms. The van der Waals surface area contributed by atoms with Crippen molar-refractivity contribution in [2.24, 2.45) is 0 Å². The monoisotopic (exact) mass is 316 g/mol. The highest BCUT2D eigenvalue weighted by atomic mass is 16.5. The Morgan fingerprint density at radius 1 is 1.26 bits per heavy atom. The maximum Gasteiger partial charge on any atom is 0.414 e. The van der Waals surface area contributed by atoms with Gasteiger partial charge in [0.2, 0.25) is 0 Å². The highest BCUT2D eigenvalue weighted by molar-refractivity contribution is 6.07. The molecular formula is C17H20N2O4. The molecule has 122 valence electrons. The van der Waals surface area contributed by atoms with Crippen LogP contribution in [0.4, 0.5) is 4.79 Å². The van der Waals surface area contributed by atoms with Gasteiger partial charge < -0.3 is 9.47 Å². The van der Waals surface area contributed by atoms with E-state index in [0.29, 0.717) is 12.2 Å². The summed E-state index contributed by atoms with van der Waals surface area (Å²) in [5, 5.41) is 11.0. The summed E-state index contributed by atoms with van der Waals surface area (Å²) in [6, 6.07) is 8.76. The molecule has 0 heterocycles. The smallest absolute Gasteiger partial charge is 0.414 e. The van der Waals surface area contributed by atoms with Gasteiger partial charge in [-0.15, -0.1) is 0 Å². The number of hydrogen-bond donors (Lipinski definition) is 1. The van der Waals surface area contributed by atoms with E-state index in [0.717, 1.165) is 18.6 Å². The van der Waals surface area contributed by atoms with E-state index in [4.69, 9.17) is 10.00 Å². The maximum absolute atomic E-state index is 11.8. The SMILES string of the molecule is CCCCOc1ccc(/C=C(\C#N)C(=O)NC(=O)OCC)cc1. The average Bonchev–Trinajstić information content (AvgIpc) is 2.54. The summed E-state index contributed by atoms with van der Waals surface area (Å²) in [6.07, 6.45) is 2.55. The summed E-state index contributed by atoms with van der Waals surface area (Å²) < 4.78 is 10.1. The molecule has 1 aromatic rings. The molecule has 0 aliphatic carbocycles. The van der Waals surface area contributed by atoms with Gasteiger partial charge in [-0.1, -0.05) is 25.5 Å². The Morgan fingerprint density at radius 3 is 2.52 bits per heavy atom. The molecule has 0 radical (unpaired) electrons. The predicted molar refractivity (Wildman–Crippen MR) is 85.6 cm³/mol. The number of carbonyl (C=O) groups is 2. The van der Waals surface area contributed by atoms with E-state index in [1.807, 2.05) is 5.32 Å². The van der Waals surface area contributed by atoms with Gasteiger partial charge in [-0.3, -0.25) is 10.1 Å². The van der Waals surface area contributed by atoms with E-state index >= 15 is 0 Å². The van der Waals surface area contributed by atoms with Crippen molar-refractivity contribution in [1.82, 2.24) is 5.32 Å². The zero-order chi connectivity index (χ0) is 17.1. The molecule has 0 spiro atoms. The molecule has 0 saturated carbocycles. The van der Waals surface area contributed by atoms with Crippen LogP contribution in [0.25, 0.3) is 6.08 Å². The zero-order valence-electron chi connectivity index (χ0n) is 13.3. The average molecular weight is 316 g/mol. The molecule has 0 aliphatic rings. The molecule has 0 saturated heterocycles. The number of rotatable bonds is 7. The van der Waals surface area contributed by atoms with Gasteiger partial charge in [0.1, 0.15) is 17.4 Å². The minimum absolute atomic E-state index is 0.143. The molecule has 6 heteroatoms. The van der Waals surface area contributed by atoms with Gasteiger partial charge in [0.15, 0.2) is 0 Å². The minimum atomic E-state index is -0.877. The van der Waals surface area contributed by atoms with Crippen molar-refractivity contribution in [1.29, 1.82) is 5.26 Å². The van der Waals surface area contributed by atoms with Crippen LogP contribution >= 0.6 is 0 Å². The Hall–Kier alpha value is -2.81. The highest BCUT2D eigenvalue weighted by Gasteiger charge is 2.13. The Morgan fingerprint density at radius 2 is 1.96 bits per heavy atom. The quantitative estimate of drug-likeness (QED) is 0.474. The summed E-state index contributed by atoms with van der Waals surface area (Å²) >= 11 is 0. The molecule has 0 fully saturated rings. The molecule has 2 amide bonds. The summed E-state index contributed by atoms with van der Waals surface area (Å²) in [6.45, 7) is 4.50. The van der Waals surface area contributed by atoms with Crippen LogP contribution in [0.15, 0.2) is 29.8 Å². The third kappa shape index (κ3) is 6.66. The first-order valence-electron chi connectivity index (χ1n) is 7.43. The number of hydrogen-bond acceptors (Lipinski definition) is 5. The van der Waals surface area contributed by atoms with Crippen LogP contribution in [-0.4, -0.2) is 25.2 Å².